The van der Waals surface area contributed by atoms with Gasteiger partial charge in [-0.3, -0.25) is 0 Å². The topological polar surface area (TPSA) is 0 Å². The summed E-state index contributed by atoms with van der Waals surface area (Å²) < 4.78 is 0. The Bertz CT molecular complexity index is 1820. The average Bonchev–Trinajstić information content (AvgIpc) is 2.98. The van der Waals surface area contributed by atoms with Gasteiger partial charge in [-0.05, 0) is 97.5 Å². The summed E-state index contributed by atoms with van der Waals surface area (Å²) in [7, 11) is 75.5. The summed E-state index contributed by atoms with van der Waals surface area (Å²) in [6, 6.07) is 0. The van der Waals surface area contributed by atoms with E-state index in [1.54, 1.807) is 7.17 Å². The molecule has 0 heterocycles. The van der Waals surface area contributed by atoms with Crippen LogP contribution in [0.4, 0.5) is 0 Å². The summed E-state index contributed by atoms with van der Waals surface area (Å²) >= 11 is 0. The fourth-order valence-corrected chi connectivity index (χ4v) is 7.60. The molecule has 0 unspecified atom stereocenters. The summed E-state index contributed by atoms with van der Waals surface area (Å²) in [5.41, 5.74) is 10.9. The third kappa shape index (κ3) is 5.65. The van der Waals surface area contributed by atoms with Crippen molar-refractivity contribution in [3.8, 4) is 0 Å². The highest BCUT2D eigenvalue weighted by atomic mass is 14.3. The van der Waals surface area contributed by atoms with E-state index in [4.69, 9.17) is 85.1 Å². The molecule has 0 saturated heterocycles. The molecule has 181 valence electrons. The summed E-state index contributed by atoms with van der Waals surface area (Å²) in [6.07, 6.45) is -1.72. The van der Waals surface area contributed by atoms with Gasteiger partial charge in [0.15, 0.2) is 0 Å². The SMILES string of the molecule is [B][B]B(B([B])[B])c1c(B([B])B([B])[B])c(C)c2c(c1C)c1c(B([B])[B])c(B([B])[B][B])c(C)c(C)c1c1c(C)c(C)c(C)c([B][B])c12. The van der Waals surface area contributed by atoms with Gasteiger partial charge in [-0.1, -0.05) is 33.2 Å². The van der Waals surface area contributed by atoms with E-state index in [9.17, 15) is 0 Å². The van der Waals surface area contributed by atoms with Crippen LogP contribution in [0.1, 0.15) is 38.9 Å². The molecular formula is C25H21B20. The van der Waals surface area contributed by atoms with Gasteiger partial charge in [-0.25, -0.2) is 0 Å². The van der Waals surface area contributed by atoms with Crippen molar-refractivity contribution in [2.75, 3.05) is 0 Å². The smallest absolute Gasteiger partial charge is 0.0969 e. The van der Waals surface area contributed by atoms with Gasteiger partial charge in [0, 0.05) is 112 Å². The molecule has 0 bridgehead atoms. The molecule has 0 saturated carbocycles. The lowest BCUT2D eigenvalue weighted by Crippen LogP contribution is -2.65. The zero-order chi connectivity index (χ0) is 34.0. The van der Waals surface area contributed by atoms with E-state index in [-0.39, 0.29) is 0 Å². The molecule has 0 fully saturated rings. The van der Waals surface area contributed by atoms with Gasteiger partial charge in [-0.15, -0.1) is 16.4 Å². The minimum Gasteiger partial charge on any atom is -0.102 e. The summed E-state index contributed by atoms with van der Waals surface area (Å²) in [4.78, 5) is 0. The maximum atomic E-state index is 6.81. The Morgan fingerprint density at radius 3 is 1.38 bits per heavy atom. The molecule has 0 N–H and O–H groups in total. The van der Waals surface area contributed by atoms with E-state index >= 15 is 0 Å². The van der Waals surface area contributed by atoms with E-state index < -0.39 is 38.7 Å². The van der Waals surface area contributed by atoms with Crippen LogP contribution in [0.25, 0.3) is 32.3 Å². The Hall–Kier alpha value is -1.04. The first kappa shape index (κ1) is 36.8. The molecule has 25 radical (unpaired) electrons. The van der Waals surface area contributed by atoms with Crippen LogP contribution in [0.3, 0.4) is 0 Å². The second kappa shape index (κ2) is 13.8. The first-order chi connectivity index (χ1) is 21.0. The first-order valence-electron chi connectivity index (χ1n) is 15.2. The Labute approximate surface area is 290 Å². The molecule has 45 heavy (non-hydrogen) atoms. The fraction of sp³-hybridized carbons (Fsp3) is 0.280. The standard InChI is InChI=1S/C25H21B20/c1-8-9(2)15-16-10(3)12(5)22(41(31)38-27)25(40(29)30)20(16)18-14(7)24(43(39-28)45(35)36)23(42(32)44(33)34)13(6)17(18)19(15)21(37-26)11(8)4/h1-7H3. The van der Waals surface area contributed by atoms with Crippen LogP contribution in [0, 0.1) is 48.5 Å². The predicted molar refractivity (Wildman–Crippen MR) is 225 cm³/mol. The highest BCUT2D eigenvalue weighted by Gasteiger charge is 2.33. The molecule has 0 aromatic heterocycles. The normalized spacial score (nSPS) is 11.1. The highest BCUT2D eigenvalue weighted by molar-refractivity contribution is 7.76. The lowest BCUT2D eigenvalue weighted by molar-refractivity contribution is 1.31. The zero-order valence-corrected chi connectivity index (χ0v) is 27.5. The van der Waals surface area contributed by atoms with Gasteiger partial charge < -0.3 is 0 Å². The predicted octanol–water partition coefficient (Wildman–Crippen LogP) is -4.44. The number of hydrogen-bond acceptors (Lipinski definition) is 0. The van der Waals surface area contributed by atoms with Crippen molar-refractivity contribution in [3.63, 3.8) is 0 Å². The van der Waals surface area contributed by atoms with E-state index in [2.05, 4.69) is 27.7 Å². The largest absolute Gasteiger partial charge is 0.102 e. The number of benzene rings is 4. The van der Waals surface area contributed by atoms with E-state index in [0.717, 1.165) is 93.1 Å². The third-order valence-corrected chi connectivity index (χ3v) is 10.2. The van der Waals surface area contributed by atoms with Crippen molar-refractivity contribution >= 4 is 205 Å². The van der Waals surface area contributed by atoms with Crippen molar-refractivity contribution < 1.29 is 0 Å². The Morgan fingerprint density at radius 2 is 0.911 bits per heavy atom. The minimum atomic E-state index is -0.892. The molecule has 0 atom stereocenters. The molecule has 0 aliphatic carbocycles. The molecule has 0 nitrogen and oxygen atoms in total. The van der Waals surface area contributed by atoms with Crippen LogP contribution in [0.5, 0.6) is 0 Å². The van der Waals surface area contributed by atoms with Crippen LogP contribution < -0.4 is 27.3 Å². The molecule has 4 aromatic carbocycles. The molecule has 20 heteroatoms. The summed E-state index contributed by atoms with van der Waals surface area (Å²) in [5, 5.41) is 5.73. The first-order valence-corrected chi connectivity index (χ1v) is 15.2. The van der Waals surface area contributed by atoms with E-state index in [0.29, 0.717) is 5.46 Å². The van der Waals surface area contributed by atoms with Gasteiger partial charge in [0.05, 0.1) is 33.1 Å². The maximum Gasteiger partial charge on any atom is 0.0969 e. The number of fused-ring (bicyclic) bond motifs is 6. The van der Waals surface area contributed by atoms with Crippen molar-refractivity contribution in [3.05, 3.63) is 38.9 Å². The van der Waals surface area contributed by atoms with Crippen molar-refractivity contribution in [2.45, 2.75) is 48.5 Å². The number of hydrogen-bond donors (Lipinski definition) is 0. The minimum absolute atomic E-state index is 0.582. The Kier molecular flexibility index (Phi) is 11.3. The van der Waals surface area contributed by atoms with Crippen molar-refractivity contribution in [1.82, 2.24) is 0 Å². The van der Waals surface area contributed by atoms with Gasteiger partial charge in [0.25, 0.3) is 0 Å². The average molecular weight is 538 g/mol. The number of aryl methyl sites for hydroxylation is 4. The molecule has 0 spiro atoms. The van der Waals surface area contributed by atoms with Gasteiger partial charge in [0.1, 0.15) is 0 Å². The molecular weight excluding hydrogens is 517 g/mol. The monoisotopic (exact) mass is 541 g/mol. The van der Waals surface area contributed by atoms with Gasteiger partial charge in [-0.2, -0.15) is 0 Å². The summed E-state index contributed by atoms with van der Waals surface area (Å²) in [6.45, 7) is 11.6. The quantitative estimate of drug-likeness (QED) is 0.149. The van der Waals surface area contributed by atoms with E-state index in [1.165, 1.54) is 14.1 Å². The lowest BCUT2D eigenvalue weighted by atomic mass is 8.79. The fourth-order valence-electron chi connectivity index (χ4n) is 7.60. The maximum absolute atomic E-state index is 6.81. The highest BCUT2D eigenvalue weighted by Crippen LogP contribution is 2.41. The molecule has 4 rings (SSSR count). The van der Waals surface area contributed by atoms with Crippen LogP contribution >= 0.6 is 0 Å². The second-order valence-electron chi connectivity index (χ2n) is 12.5. The Balaban J connectivity index is 2.67. The zero-order valence-electron chi connectivity index (χ0n) is 27.5. The van der Waals surface area contributed by atoms with Crippen LogP contribution in [-0.2, 0) is 0 Å². The lowest BCUT2D eigenvalue weighted by Gasteiger charge is -2.34. The number of rotatable bonds is 9. The summed E-state index contributed by atoms with van der Waals surface area (Å²) in [5.74, 6) is 0. The van der Waals surface area contributed by atoms with Gasteiger partial charge in [0.2, 0.25) is 0 Å². The molecule has 0 amide bonds. The van der Waals surface area contributed by atoms with Gasteiger partial charge >= 0.3 is 0 Å². The van der Waals surface area contributed by atoms with E-state index in [1.807, 2.05) is 20.8 Å². The van der Waals surface area contributed by atoms with Crippen LogP contribution in [0.2, 0.25) is 0 Å². The van der Waals surface area contributed by atoms with Crippen molar-refractivity contribution in [2.24, 2.45) is 0 Å². The molecule has 0 aliphatic heterocycles. The molecule has 4 aromatic rings. The van der Waals surface area contributed by atoms with Crippen LogP contribution in [0.15, 0.2) is 0 Å². The molecule has 0 aliphatic rings. The van der Waals surface area contributed by atoms with Crippen LogP contribution in [-0.4, -0.2) is 145 Å². The second-order valence-corrected chi connectivity index (χ2v) is 12.5. The van der Waals surface area contributed by atoms with Crippen molar-refractivity contribution in [1.29, 1.82) is 0 Å². The Morgan fingerprint density at radius 1 is 0.422 bits per heavy atom. The third-order valence-electron chi connectivity index (χ3n) is 10.2.